The molecule has 2 N–H and O–H groups in total. The molecule has 2 aliphatic rings. The van der Waals surface area contributed by atoms with Crippen molar-refractivity contribution in [3.05, 3.63) is 0 Å². The second-order valence-corrected chi connectivity index (χ2v) is 7.14. The number of hydrogen-bond donors (Lipinski definition) is 2. The summed E-state index contributed by atoms with van der Waals surface area (Å²) in [4.78, 5) is 25.0. The molecule has 0 aromatic carbocycles. The Morgan fingerprint density at radius 1 is 1.39 bits per heavy atom. The van der Waals surface area contributed by atoms with Gasteiger partial charge in [0.15, 0.2) is 0 Å². The number of amides is 3. The van der Waals surface area contributed by atoms with Crippen molar-refractivity contribution in [2.75, 3.05) is 31.6 Å². The van der Waals surface area contributed by atoms with Crippen molar-refractivity contribution in [1.82, 2.24) is 15.5 Å². The van der Waals surface area contributed by atoms with Crippen LogP contribution in [-0.2, 0) is 14.6 Å². The molecule has 2 saturated heterocycles. The first-order valence-corrected chi connectivity index (χ1v) is 7.93. The van der Waals surface area contributed by atoms with Gasteiger partial charge in [-0.2, -0.15) is 0 Å². The van der Waals surface area contributed by atoms with Gasteiger partial charge in [-0.3, -0.25) is 9.69 Å². The van der Waals surface area contributed by atoms with Gasteiger partial charge in [-0.25, -0.2) is 13.2 Å². The molecule has 2 fully saturated rings. The lowest BCUT2D eigenvalue weighted by Crippen LogP contribution is -2.57. The number of nitrogens with zero attached hydrogens (tertiary/aromatic N) is 1. The molecule has 0 aliphatic carbocycles. The zero-order valence-electron chi connectivity index (χ0n) is 10.2. The molecule has 2 rings (SSSR count). The fourth-order valence-electron chi connectivity index (χ4n) is 2.33. The second kappa shape index (κ2) is 4.51. The standard InChI is InChI=1S/C10H17N3O4S/c1-18(16,17)6-5-13-8(14)10(12-9(13)15)3-2-4-11-7-10/h11H,2-7H2,1H3,(H,12,15). The minimum absolute atomic E-state index is 0.0781. The highest BCUT2D eigenvalue weighted by Crippen LogP contribution is 2.24. The van der Waals surface area contributed by atoms with E-state index >= 15 is 0 Å². The van der Waals surface area contributed by atoms with Crippen LogP contribution in [0, 0.1) is 0 Å². The molecule has 1 atom stereocenters. The zero-order valence-corrected chi connectivity index (χ0v) is 11.0. The Hall–Kier alpha value is -1.15. The Morgan fingerprint density at radius 2 is 2.11 bits per heavy atom. The van der Waals surface area contributed by atoms with Crippen molar-refractivity contribution in [3.8, 4) is 0 Å². The normalized spacial score (nSPS) is 28.8. The summed E-state index contributed by atoms with van der Waals surface area (Å²) >= 11 is 0. The van der Waals surface area contributed by atoms with E-state index in [2.05, 4.69) is 10.6 Å². The van der Waals surface area contributed by atoms with Gasteiger partial charge in [-0.05, 0) is 19.4 Å². The lowest BCUT2D eigenvalue weighted by Gasteiger charge is -2.31. The zero-order chi connectivity index (χ0) is 13.4. The summed E-state index contributed by atoms with van der Waals surface area (Å²) < 4.78 is 22.2. The molecule has 7 nitrogen and oxygen atoms in total. The maximum absolute atomic E-state index is 12.2. The monoisotopic (exact) mass is 275 g/mol. The maximum Gasteiger partial charge on any atom is 0.325 e. The molecule has 0 aromatic heterocycles. The highest BCUT2D eigenvalue weighted by molar-refractivity contribution is 7.90. The number of carbonyl (C=O) groups excluding carboxylic acids is 2. The van der Waals surface area contributed by atoms with Crippen molar-refractivity contribution in [3.63, 3.8) is 0 Å². The molecule has 102 valence electrons. The first kappa shape index (κ1) is 13.3. The van der Waals surface area contributed by atoms with E-state index in [0.717, 1.165) is 24.1 Å². The summed E-state index contributed by atoms with van der Waals surface area (Å²) in [6, 6.07) is -0.493. The van der Waals surface area contributed by atoms with Gasteiger partial charge in [-0.15, -0.1) is 0 Å². The van der Waals surface area contributed by atoms with Crippen LogP contribution in [0.2, 0.25) is 0 Å². The summed E-state index contributed by atoms with van der Waals surface area (Å²) in [5.41, 5.74) is -0.868. The Morgan fingerprint density at radius 3 is 2.67 bits per heavy atom. The Labute approximate surface area is 106 Å². The third kappa shape index (κ3) is 2.49. The summed E-state index contributed by atoms with van der Waals surface area (Å²) in [6.45, 7) is 1.16. The van der Waals surface area contributed by atoms with E-state index in [0.29, 0.717) is 13.0 Å². The molecule has 0 radical (unpaired) electrons. The molecule has 0 saturated carbocycles. The number of piperidine rings is 1. The maximum atomic E-state index is 12.2. The molecular formula is C10H17N3O4S. The minimum Gasteiger partial charge on any atom is -0.322 e. The minimum atomic E-state index is -3.19. The van der Waals surface area contributed by atoms with E-state index in [1.54, 1.807) is 0 Å². The summed E-state index contributed by atoms with van der Waals surface area (Å²) in [7, 11) is -3.19. The van der Waals surface area contributed by atoms with Crippen molar-refractivity contribution in [1.29, 1.82) is 0 Å². The van der Waals surface area contributed by atoms with Gasteiger partial charge >= 0.3 is 6.03 Å². The van der Waals surface area contributed by atoms with E-state index in [9.17, 15) is 18.0 Å². The number of rotatable bonds is 3. The van der Waals surface area contributed by atoms with Crippen molar-refractivity contribution in [2.24, 2.45) is 0 Å². The van der Waals surface area contributed by atoms with Crippen LogP contribution >= 0.6 is 0 Å². The second-order valence-electron chi connectivity index (χ2n) is 4.88. The fraction of sp³-hybridized carbons (Fsp3) is 0.800. The largest absolute Gasteiger partial charge is 0.325 e. The number of sulfone groups is 1. The smallest absolute Gasteiger partial charge is 0.322 e. The van der Waals surface area contributed by atoms with Gasteiger partial charge < -0.3 is 10.6 Å². The Balaban J connectivity index is 2.09. The van der Waals surface area contributed by atoms with Crippen molar-refractivity contribution in [2.45, 2.75) is 18.4 Å². The summed E-state index contributed by atoms with van der Waals surface area (Å²) in [5.74, 6) is -0.515. The van der Waals surface area contributed by atoms with Gasteiger partial charge in [0.1, 0.15) is 15.4 Å². The number of nitrogens with one attached hydrogen (secondary N) is 2. The fourth-order valence-corrected chi connectivity index (χ4v) is 2.85. The molecular weight excluding hydrogens is 258 g/mol. The average Bonchev–Trinajstić information content (AvgIpc) is 2.49. The van der Waals surface area contributed by atoms with Crippen LogP contribution in [0.25, 0.3) is 0 Å². The molecule has 18 heavy (non-hydrogen) atoms. The highest BCUT2D eigenvalue weighted by Gasteiger charge is 2.51. The number of carbonyl (C=O) groups is 2. The first-order valence-electron chi connectivity index (χ1n) is 5.87. The van der Waals surface area contributed by atoms with Crippen LogP contribution < -0.4 is 10.6 Å². The Kier molecular flexibility index (Phi) is 3.33. The SMILES string of the molecule is CS(=O)(=O)CCN1C(=O)NC2(CCCNC2)C1=O. The van der Waals surface area contributed by atoms with Gasteiger partial charge in [0.2, 0.25) is 0 Å². The molecule has 0 aromatic rings. The predicted octanol–water partition coefficient (Wildman–Crippen LogP) is -1.29. The molecule has 2 heterocycles. The average molecular weight is 275 g/mol. The third-order valence-electron chi connectivity index (χ3n) is 3.32. The molecule has 1 unspecified atom stereocenters. The quantitative estimate of drug-likeness (QED) is 0.625. The van der Waals surface area contributed by atoms with Crippen LogP contribution in [0.5, 0.6) is 0 Å². The van der Waals surface area contributed by atoms with Crippen LogP contribution in [0.1, 0.15) is 12.8 Å². The highest BCUT2D eigenvalue weighted by atomic mass is 32.2. The molecule has 8 heteroatoms. The van der Waals surface area contributed by atoms with Gasteiger partial charge in [0.25, 0.3) is 5.91 Å². The van der Waals surface area contributed by atoms with Crippen LogP contribution in [0.4, 0.5) is 4.79 Å². The predicted molar refractivity (Wildman–Crippen MR) is 64.8 cm³/mol. The lowest BCUT2D eigenvalue weighted by molar-refractivity contribution is -0.131. The van der Waals surface area contributed by atoms with Gasteiger partial charge in [0.05, 0.1) is 5.75 Å². The van der Waals surface area contributed by atoms with E-state index in [1.807, 2.05) is 0 Å². The van der Waals surface area contributed by atoms with Crippen molar-refractivity contribution >= 4 is 21.8 Å². The number of urea groups is 1. The van der Waals surface area contributed by atoms with Crippen LogP contribution in [0.3, 0.4) is 0 Å². The number of hydrogen-bond acceptors (Lipinski definition) is 5. The molecule has 1 spiro atoms. The third-order valence-corrected chi connectivity index (χ3v) is 4.24. The van der Waals surface area contributed by atoms with E-state index in [4.69, 9.17) is 0 Å². The molecule has 0 bridgehead atoms. The molecule has 3 amide bonds. The van der Waals surface area contributed by atoms with Gasteiger partial charge in [-0.1, -0.05) is 0 Å². The lowest BCUT2D eigenvalue weighted by atomic mass is 9.90. The molecule has 2 aliphatic heterocycles. The van der Waals surface area contributed by atoms with Crippen molar-refractivity contribution < 1.29 is 18.0 Å². The summed E-state index contributed by atoms with van der Waals surface area (Å²) in [6.07, 6.45) is 2.50. The van der Waals surface area contributed by atoms with E-state index in [1.165, 1.54) is 0 Å². The summed E-state index contributed by atoms with van der Waals surface area (Å²) in [5, 5.41) is 5.77. The topological polar surface area (TPSA) is 95.6 Å². The Bertz CT molecular complexity index is 468. The van der Waals surface area contributed by atoms with Crippen LogP contribution in [-0.4, -0.2) is 62.4 Å². The number of imide groups is 1. The van der Waals surface area contributed by atoms with E-state index in [-0.39, 0.29) is 18.2 Å². The first-order chi connectivity index (χ1) is 8.34. The van der Waals surface area contributed by atoms with E-state index < -0.39 is 21.4 Å². The van der Waals surface area contributed by atoms with Gasteiger partial charge in [0, 0.05) is 19.3 Å². The van der Waals surface area contributed by atoms with Crippen LogP contribution in [0.15, 0.2) is 0 Å².